The first kappa shape index (κ1) is 28.1. The van der Waals surface area contributed by atoms with Gasteiger partial charge >= 0.3 is 5.97 Å². The molecule has 0 aliphatic carbocycles. The number of hydrogen-bond acceptors (Lipinski definition) is 8. The molecule has 0 amide bonds. The summed E-state index contributed by atoms with van der Waals surface area (Å²) >= 11 is 0. The summed E-state index contributed by atoms with van der Waals surface area (Å²) in [5, 5.41) is 9.95. The molecule has 0 fully saturated rings. The Morgan fingerprint density at radius 3 is 2.45 bits per heavy atom. The highest BCUT2D eigenvalue weighted by atomic mass is 19.1. The number of halogens is 1. The second-order valence-corrected chi connectivity index (χ2v) is 9.26. The average molecular weight is 567 g/mol. The monoisotopic (exact) mass is 566 g/mol. The molecule has 212 valence electrons. The van der Waals surface area contributed by atoms with Crippen LogP contribution in [0.3, 0.4) is 0 Å². The van der Waals surface area contributed by atoms with Gasteiger partial charge < -0.3 is 29.4 Å². The van der Waals surface area contributed by atoms with Crippen LogP contribution in [0.4, 0.5) is 4.39 Å². The number of rotatable bonds is 9. The van der Waals surface area contributed by atoms with E-state index in [1.54, 1.807) is 78.9 Å². The first-order valence-corrected chi connectivity index (χ1v) is 13.1. The standard InChI is InChI=1S/C33H27FN2O6/c1-3-39-23-11-8-20(9-12-23)33(37)41-24-13-14-25-29(17-24)42-32(36)26(18-35)31(25)21-10-15-28(30(16-21)38-2)40-19-22-6-4-5-7-27(22)34/h4-17,31H,3,19,36H2,1-2H3. The number of fused-ring (bicyclic) bond motifs is 1. The van der Waals surface area contributed by atoms with Crippen LogP contribution in [0.1, 0.15) is 39.9 Å². The molecule has 0 saturated carbocycles. The number of nitrogens with two attached hydrogens (primary N) is 1. The van der Waals surface area contributed by atoms with E-state index in [0.29, 0.717) is 51.9 Å². The Hall–Kier alpha value is -5.49. The van der Waals surface area contributed by atoms with Gasteiger partial charge in [0.15, 0.2) is 11.5 Å². The summed E-state index contributed by atoms with van der Waals surface area (Å²) in [6.45, 7) is 2.41. The number of methoxy groups -OCH3 is 1. The maximum atomic E-state index is 14.1. The van der Waals surface area contributed by atoms with Gasteiger partial charge in [0.25, 0.3) is 0 Å². The van der Waals surface area contributed by atoms with Gasteiger partial charge in [-0.25, -0.2) is 9.18 Å². The van der Waals surface area contributed by atoms with E-state index in [0.717, 1.165) is 0 Å². The van der Waals surface area contributed by atoms with E-state index in [1.165, 1.54) is 13.2 Å². The van der Waals surface area contributed by atoms with Gasteiger partial charge in [-0.2, -0.15) is 5.26 Å². The Bertz CT molecular complexity index is 1690. The molecule has 0 radical (unpaired) electrons. The number of benzene rings is 4. The molecule has 4 aromatic rings. The van der Waals surface area contributed by atoms with Gasteiger partial charge in [0.2, 0.25) is 5.88 Å². The number of carbonyl (C=O) groups excluding carboxylic acids is 1. The molecule has 8 nitrogen and oxygen atoms in total. The predicted octanol–water partition coefficient (Wildman–Crippen LogP) is 6.25. The number of ether oxygens (including phenoxy) is 5. The fraction of sp³-hybridized carbons (Fsp3) is 0.152. The van der Waals surface area contributed by atoms with E-state index in [1.807, 2.05) is 6.92 Å². The van der Waals surface area contributed by atoms with E-state index in [9.17, 15) is 14.4 Å². The molecule has 0 aromatic heterocycles. The molecular formula is C33H27FN2O6. The molecule has 2 N–H and O–H groups in total. The minimum atomic E-state index is -0.593. The molecule has 1 heterocycles. The topological polar surface area (TPSA) is 113 Å². The normalized spacial score (nSPS) is 13.8. The highest BCUT2D eigenvalue weighted by molar-refractivity contribution is 5.91. The van der Waals surface area contributed by atoms with Gasteiger partial charge in [-0.1, -0.05) is 30.3 Å². The molecular weight excluding hydrogens is 539 g/mol. The predicted molar refractivity (Wildman–Crippen MR) is 152 cm³/mol. The third-order valence-electron chi connectivity index (χ3n) is 6.66. The summed E-state index contributed by atoms with van der Waals surface area (Å²) in [6, 6.07) is 25.3. The highest BCUT2D eigenvalue weighted by Gasteiger charge is 2.32. The van der Waals surface area contributed by atoms with Crippen molar-refractivity contribution in [2.75, 3.05) is 13.7 Å². The van der Waals surface area contributed by atoms with Crippen molar-refractivity contribution in [2.45, 2.75) is 19.4 Å². The second kappa shape index (κ2) is 12.4. The molecule has 5 rings (SSSR count). The van der Waals surface area contributed by atoms with Gasteiger partial charge in [-0.15, -0.1) is 0 Å². The fourth-order valence-electron chi connectivity index (χ4n) is 4.62. The van der Waals surface area contributed by atoms with Crippen LogP contribution in [-0.4, -0.2) is 19.7 Å². The van der Waals surface area contributed by atoms with Gasteiger partial charge in [-0.05, 0) is 61.0 Å². The average Bonchev–Trinajstić information content (AvgIpc) is 3.00. The minimum Gasteiger partial charge on any atom is -0.494 e. The molecule has 42 heavy (non-hydrogen) atoms. The van der Waals surface area contributed by atoms with Crippen LogP contribution < -0.4 is 29.4 Å². The lowest BCUT2D eigenvalue weighted by Crippen LogP contribution is -2.21. The van der Waals surface area contributed by atoms with Crippen LogP contribution in [-0.2, 0) is 6.61 Å². The maximum absolute atomic E-state index is 14.1. The number of esters is 1. The molecule has 1 aliphatic heterocycles. The van der Waals surface area contributed by atoms with Crippen molar-refractivity contribution in [3.05, 3.63) is 124 Å². The van der Waals surface area contributed by atoms with Crippen molar-refractivity contribution in [3.63, 3.8) is 0 Å². The van der Waals surface area contributed by atoms with Crippen LogP contribution in [0.5, 0.6) is 28.7 Å². The van der Waals surface area contributed by atoms with Crippen molar-refractivity contribution < 1.29 is 32.9 Å². The van der Waals surface area contributed by atoms with Crippen molar-refractivity contribution in [1.29, 1.82) is 5.26 Å². The fourth-order valence-corrected chi connectivity index (χ4v) is 4.62. The van der Waals surface area contributed by atoms with Crippen LogP contribution in [0.2, 0.25) is 0 Å². The summed E-state index contributed by atoms with van der Waals surface area (Å²) in [4.78, 5) is 12.7. The van der Waals surface area contributed by atoms with Gasteiger partial charge in [0.05, 0.1) is 25.2 Å². The van der Waals surface area contributed by atoms with E-state index >= 15 is 0 Å². The van der Waals surface area contributed by atoms with Crippen LogP contribution >= 0.6 is 0 Å². The Morgan fingerprint density at radius 1 is 0.976 bits per heavy atom. The van der Waals surface area contributed by atoms with E-state index < -0.39 is 11.9 Å². The zero-order chi connectivity index (χ0) is 29.6. The number of hydrogen-bond donors (Lipinski definition) is 1. The minimum absolute atomic E-state index is 0.0109. The second-order valence-electron chi connectivity index (χ2n) is 9.26. The van der Waals surface area contributed by atoms with Gasteiger partial charge in [0.1, 0.15) is 41.3 Å². The molecule has 0 bridgehead atoms. The SMILES string of the molecule is CCOc1ccc(C(=O)Oc2ccc3c(c2)OC(N)=C(C#N)C3c2ccc(OCc3ccccc3F)c(OC)c2)cc1. The Kier molecular flexibility index (Phi) is 8.25. The largest absolute Gasteiger partial charge is 0.494 e. The molecule has 9 heteroatoms. The zero-order valence-corrected chi connectivity index (χ0v) is 22.9. The molecule has 4 aromatic carbocycles. The van der Waals surface area contributed by atoms with Gasteiger partial charge in [0, 0.05) is 17.2 Å². The van der Waals surface area contributed by atoms with Crippen molar-refractivity contribution in [3.8, 4) is 34.8 Å². The lowest BCUT2D eigenvalue weighted by atomic mass is 9.83. The number of carbonyl (C=O) groups is 1. The Labute approximate surface area is 242 Å². The van der Waals surface area contributed by atoms with Crippen LogP contribution in [0.15, 0.2) is 96.4 Å². The third kappa shape index (κ3) is 5.83. The third-order valence-corrected chi connectivity index (χ3v) is 6.66. The summed E-state index contributed by atoms with van der Waals surface area (Å²) in [7, 11) is 1.49. The van der Waals surface area contributed by atoms with Crippen molar-refractivity contribution in [1.82, 2.24) is 0 Å². The van der Waals surface area contributed by atoms with Gasteiger partial charge in [-0.3, -0.25) is 0 Å². The summed E-state index contributed by atoms with van der Waals surface area (Å²) in [6.07, 6.45) is 0. The Morgan fingerprint density at radius 2 is 1.74 bits per heavy atom. The quantitative estimate of drug-likeness (QED) is 0.187. The highest BCUT2D eigenvalue weighted by Crippen LogP contribution is 2.45. The Balaban J connectivity index is 1.41. The van der Waals surface area contributed by atoms with E-state index in [2.05, 4.69) is 6.07 Å². The zero-order valence-electron chi connectivity index (χ0n) is 22.9. The summed E-state index contributed by atoms with van der Waals surface area (Å²) < 4.78 is 42.2. The summed E-state index contributed by atoms with van der Waals surface area (Å²) in [5.74, 6) is 0.462. The molecule has 0 spiro atoms. The first-order valence-electron chi connectivity index (χ1n) is 13.1. The van der Waals surface area contributed by atoms with Crippen molar-refractivity contribution in [2.24, 2.45) is 5.73 Å². The molecule has 0 saturated heterocycles. The molecule has 1 unspecified atom stereocenters. The molecule has 1 atom stereocenters. The maximum Gasteiger partial charge on any atom is 0.343 e. The number of nitrogens with zero attached hydrogens (tertiary/aromatic N) is 1. The number of allylic oxidation sites excluding steroid dienone is 1. The van der Waals surface area contributed by atoms with Crippen LogP contribution in [0.25, 0.3) is 0 Å². The first-order chi connectivity index (χ1) is 20.4. The number of nitriles is 1. The lowest BCUT2D eigenvalue weighted by molar-refractivity contribution is 0.0734. The molecule has 1 aliphatic rings. The smallest absolute Gasteiger partial charge is 0.343 e. The summed E-state index contributed by atoms with van der Waals surface area (Å²) in [5.41, 5.74) is 8.46. The van der Waals surface area contributed by atoms with E-state index in [-0.39, 0.29) is 29.6 Å². The van der Waals surface area contributed by atoms with Crippen molar-refractivity contribution >= 4 is 5.97 Å². The van der Waals surface area contributed by atoms with Crippen LogP contribution in [0, 0.1) is 17.1 Å². The lowest BCUT2D eigenvalue weighted by Gasteiger charge is -2.27. The van der Waals surface area contributed by atoms with E-state index in [4.69, 9.17) is 29.4 Å².